The van der Waals surface area contributed by atoms with Crippen LogP contribution in [0.5, 0.6) is 0 Å². The summed E-state index contributed by atoms with van der Waals surface area (Å²) in [6.45, 7) is 2.47. The van der Waals surface area contributed by atoms with Gasteiger partial charge in [-0.1, -0.05) is 37.8 Å². The van der Waals surface area contributed by atoms with Gasteiger partial charge in [-0.15, -0.1) is 0 Å². The maximum absolute atomic E-state index is 11.6. The number of fused-ring (bicyclic) bond motifs is 1. The molecule has 0 aromatic rings. The lowest BCUT2D eigenvalue weighted by Gasteiger charge is -2.47. The van der Waals surface area contributed by atoms with Crippen LogP contribution in [0.4, 0.5) is 0 Å². The van der Waals surface area contributed by atoms with Crippen LogP contribution < -0.4 is 0 Å². The van der Waals surface area contributed by atoms with Crippen LogP contribution in [0.15, 0.2) is 12.2 Å². The number of carbonyl (C=O) groups is 1. The molecule has 3 heteroatoms. The highest BCUT2D eigenvalue weighted by molar-refractivity contribution is 5.54. The third kappa shape index (κ3) is 3.62. The quantitative estimate of drug-likeness (QED) is 0.630. The summed E-state index contributed by atoms with van der Waals surface area (Å²) < 4.78 is 0. The van der Waals surface area contributed by atoms with E-state index in [-0.39, 0.29) is 18.4 Å². The van der Waals surface area contributed by atoms with Crippen molar-refractivity contribution in [1.29, 1.82) is 0 Å². The van der Waals surface area contributed by atoms with E-state index < -0.39 is 0 Å². The minimum absolute atomic E-state index is 0.0482. The third-order valence-corrected chi connectivity index (χ3v) is 7.36. The van der Waals surface area contributed by atoms with E-state index >= 15 is 0 Å². The highest BCUT2D eigenvalue weighted by atomic mass is 16.3. The molecular formula is C21H35NO2. The molecule has 0 bridgehead atoms. The van der Waals surface area contributed by atoms with Crippen LogP contribution in [0, 0.1) is 29.6 Å². The van der Waals surface area contributed by atoms with Crippen molar-refractivity contribution in [2.75, 3.05) is 13.7 Å². The van der Waals surface area contributed by atoms with E-state index in [4.69, 9.17) is 0 Å². The predicted molar refractivity (Wildman–Crippen MR) is 97.7 cm³/mol. The van der Waals surface area contributed by atoms with Gasteiger partial charge in [0.15, 0.2) is 0 Å². The summed E-state index contributed by atoms with van der Waals surface area (Å²) in [6.07, 6.45) is 16.0. The Morgan fingerprint density at radius 2 is 1.88 bits per heavy atom. The number of piperidine rings is 1. The number of aldehydes is 1. The highest BCUT2D eigenvalue weighted by Gasteiger charge is 2.43. The summed E-state index contributed by atoms with van der Waals surface area (Å²) in [6, 6.07) is 1.17. The normalized spacial score (nSPS) is 44.4. The van der Waals surface area contributed by atoms with Crippen molar-refractivity contribution in [3.8, 4) is 0 Å². The zero-order valence-corrected chi connectivity index (χ0v) is 15.4. The number of aliphatic hydroxyl groups excluding tert-OH is 1. The summed E-state index contributed by atoms with van der Waals surface area (Å²) in [5.74, 6) is 1.93. The van der Waals surface area contributed by atoms with Crippen LogP contribution in [-0.2, 0) is 4.79 Å². The molecule has 0 spiro atoms. The van der Waals surface area contributed by atoms with Gasteiger partial charge < -0.3 is 9.90 Å². The Balaban J connectivity index is 1.78. The Kier molecular flexibility index (Phi) is 6.15. The summed E-state index contributed by atoms with van der Waals surface area (Å²) in [7, 11) is 2.24. The van der Waals surface area contributed by atoms with Gasteiger partial charge in [0.2, 0.25) is 0 Å². The van der Waals surface area contributed by atoms with Crippen molar-refractivity contribution in [2.45, 2.75) is 70.4 Å². The number of rotatable bonds is 4. The first-order valence-corrected chi connectivity index (χ1v) is 10.1. The smallest absolute Gasteiger partial charge is 0.123 e. The number of hydrogen-bond donors (Lipinski definition) is 1. The standard InChI is InChI=1S/C21H35NO2/c1-15-6-5-8-18(22(15)2)10-11-20-19-9-4-3-7-16(19)12-17(13-23)21(20)14-24/h10-11,13,15-21,24H,3-9,12,14H2,1-2H3/b11-10+/t15-,16?,17?,18?,19?,20?,21?/m0/s1. The van der Waals surface area contributed by atoms with Gasteiger partial charge in [-0.2, -0.15) is 0 Å². The molecule has 1 heterocycles. The number of nitrogens with zero attached hydrogens (tertiary/aromatic N) is 1. The number of carbonyl (C=O) groups excluding carboxylic acids is 1. The van der Waals surface area contributed by atoms with E-state index in [9.17, 15) is 9.90 Å². The van der Waals surface area contributed by atoms with Gasteiger partial charge in [0, 0.05) is 24.6 Å². The predicted octanol–water partition coefficient (Wildman–Crippen LogP) is 3.67. The van der Waals surface area contributed by atoms with Crippen molar-refractivity contribution in [1.82, 2.24) is 4.90 Å². The molecule has 3 rings (SSSR count). The van der Waals surface area contributed by atoms with E-state index in [1.807, 2.05) is 0 Å². The van der Waals surface area contributed by atoms with Crippen LogP contribution >= 0.6 is 0 Å². The molecule has 7 atom stereocenters. The Bertz CT molecular complexity index is 449. The van der Waals surface area contributed by atoms with Crippen LogP contribution in [-0.4, -0.2) is 42.0 Å². The van der Waals surface area contributed by atoms with E-state index in [1.54, 1.807) is 0 Å². The number of likely N-dealkylation sites (N-methyl/N-ethyl adjacent to an activating group) is 1. The minimum atomic E-state index is 0.0482. The number of likely N-dealkylation sites (tertiary alicyclic amines) is 1. The van der Waals surface area contributed by atoms with Crippen molar-refractivity contribution in [3.63, 3.8) is 0 Å². The molecular weight excluding hydrogens is 298 g/mol. The second kappa shape index (κ2) is 8.14. The second-order valence-electron chi connectivity index (χ2n) is 8.57. The first kappa shape index (κ1) is 18.1. The Labute approximate surface area is 147 Å². The van der Waals surface area contributed by atoms with Gasteiger partial charge in [0.05, 0.1) is 0 Å². The van der Waals surface area contributed by atoms with E-state index in [0.717, 1.165) is 12.7 Å². The Hall–Kier alpha value is -0.670. The highest BCUT2D eigenvalue weighted by Crippen LogP contribution is 2.48. The van der Waals surface area contributed by atoms with E-state index in [2.05, 4.69) is 31.0 Å². The molecule has 0 amide bonds. The van der Waals surface area contributed by atoms with Crippen molar-refractivity contribution in [2.24, 2.45) is 29.6 Å². The molecule has 3 nitrogen and oxygen atoms in total. The van der Waals surface area contributed by atoms with Crippen LogP contribution in [0.25, 0.3) is 0 Å². The first-order valence-electron chi connectivity index (χ1n) is 10.1. The fourth-order valence-electron chi connectivity index (χ4n) is 5.71. The van der Waals surface area contributed by atoms with Crippen LogP contribution in [0.3, 0.4) is 0 Å². The average molecular weight is 334 g/mol. The average Bonchev–Trinajstić information content (AvgIpc) is 2.61. The maximum atomic E-state index is 11.6. The molecule has 1 aliphatic heterocycles. The molecule has 1 saturated heterocycles. The topological polar surface area (TPSA) is 40.5 Å². The molecule has 0 aromatic carbocycles. The zero-order valence-electron chi connectivity index (χ0n) is 15.4. The minimum Gasteiger partial charge on any atom is -0.396 e. The second-order valence-corrected chi connectivity index (χ2v) is 8.57. The fraction of sp³-hybridized carbons (Fsp3) is 0.857. The van der Waals surface area contributed by atoms with Crippen LogP contribution in [0.1, 0.15) is 58.3 Å². The summed E-state index contributed by atoms with van der Waals surface area (Å²) in [5.41, 5.74) is 0. The molecule has 0 aromatic heterocycles. The molecule has 6 unspecified atom stereocenters. The Morgan fingerprint density at radius 3 is 2.62 bits per heavy atom. The summed E-state index contributed by atoms with van der Waals surface area (Å²) in [5, 5.41) is 9.98. The summed E-state index contributed by atoms with van der Waals surface area (Å²) >= 11 is 0. The largest absolute Gasteiger partial charge is 0.396 e. The van der Waals surface area contributed by atoms with Gasteiger partial charge >= 0.3 is 0 Å². The maximum Gasteiger partial charge on any atom is 0.123 e. The number of aliphatic hydroxyl groups is 1. The molecule has 24 heavy (non-hydrogen) atoms. The summed E-state index contributed by atoms with van der Waals surface area (Å²) in [4.78, 5) is 14.1. The fourth-order valence-corrected chi connectivity index (χ4v) is 5.71. The first-order chi connectivity index (χ1) is 11.7. The van der Waals surface area contributed by atoms with Crippen molar-refractivity contribution >= 4 is 6.29 Å². The van der Waals surface area contributed by atoms with Crippen molar-refractivity contribution in [3.05, 3.63) is 12.2 Å². The third-order valence-electron chi connectivity index (χ3n) is 7.36. The molecule has 2 saturated carbocycles. The van der Waals surface area contributed by atoms with Gasteiger partial charge in [0.1, 0.15) is 6.29 Å². The molecule has 1 N–H and O–H groups in total. The molecule has 0 radical (unpaired) electrons. The van der Waals surface area contributed by atoms with Gasteiger partial charge in [-0.25, -0.2) is 0 Å². The van der Waals surface area contributed by atoms with E-state index in [0.29, 0.717) is 29.8 Å². The van der Waals surface area contributed by atoms with Gasteiger partial charge in [0.25, 0.3) is 0 Å². The van der Waals surface area contributed by atoms with Gasteiger partial charge in [-0.3, -0.25) is 4.90 Å². The molecule has 136 valence electrons. The molecule has 3 aliphatic rings. The number of hydrogen-bond acceptors (Lipinski definition) is 3. The Morgan fingerprint density at radius 1 is 1.08 bits per heavy atom. The monoisotopic (exact) mass is 333 g/mol. The lowest BCUT2D eigenvalue weighted by atomic mass is 9.58. The molecule has 3 fully saturated rings. The zero-order chi connectivity index (χ0) is 17.1. The van der Waals surface area contributed by atoms with Gasteiger partial charge in [-0.05, 0) is 63.3 Å². The molecule has 2 aliphatic carbocycles. The lowest BCUT2D eigenvalue weighted by Crippen LogP contribution is -2.44. The SMILES string of the molecule is C[C@H]1CCCC(/C=C/C2C(CO)C(C=O)CC3CCCCC32)N1C. The number of allylic oxidation sites excluding steroid dienone is 1. The van der Waals surface area contributed by atoms with E-state index in [1.165, 1.54) is 44.9 Å². The van der Waals surface area contributed by atoms with Crippen molar-refractivity contribution < 1.29 is 9.90 Å². The lowest BCUT2D eigenvalue weighted by molar-refractivity contribution is -0.118. The van der Waals surface area contributed by atoms with Crippen LogP contribution in [0.2, 0.25) is 0 Å².